The zero-order chi connectivity index (χ0) is 11.4. The summed E-state index contributed by atoms with van der Waals surface area (Å²) in [4.78, 5) is 2.49. The standard InChI is InChI=1S/C12H22N2O/c1-9(2)12-7-11(15-6-5-13)8-14(12)10(3)4/h9-12H,6-8H2,1-4H3/t11-,12-/m0/s1. The van der Waals surface area contributed by atoms with Gasteiger partial charge >= 0.3 is 0 Å². The Balaban J connectivity index is 2.54. The van der Waals surface area contributed by atoms with E-state index in [0.717, 1.165) is 13.0 Å². The van der Waals surface area contributed by atoms with Crippen LogP contribution in [0.2, 0.25) is 0 Å². The van der Waals surface area contributed by atoms with E-state index in [4.69, 9.17) is 10.00 Å². The van der Waals surface area contributed by atoms with Crippen molar-refractivity contribution < 1.29 is 4.74 Å². The van der Waals surface area contributed by atoms with Crippen molar-refractivity contribution in [2.24, 2.45) is 5.92 Å². The van der Waals surface area contributed by atoms with Crippen molar-refractivity contribution >= 4 is 0 Å². The quantitative estimate of drug-likeness (QED) is 0.712. The van der Waals surface area contributed by atoms with Crippen molar-refractivity contribution in [3.8, 4) is 6.07 Å². The summed E-state index contributed by atoms with van der Waals surface area (Å²) in [6.45, 7) is 10.2. The van der Waals surface area contributed by atoms with Gasteiger partial charge in [-0.2, -0.15) is 5.26 Å². The molecule has 86 valence electrons. The van der Waals surface area contributed by atoms with Gasteiger partial charge < -0.3 is 4.74 Å². The van der Waals surface area contributed by atoms with Crippen LogP contribution in [0.15, 0.2) is 0 Å². The van der Waals surface area contributed by atoms with Gasteiger partial charge in [0.1, 0.15) is 6.61 Å². The first kappa shape index (κ1) is 12.5. The summed E-state index contributed by atoms with van der Waals surface area (Å²) in [6, 6.07) is 3.21. The lowest BCUT2D eigenvalue weighted by Crippen LogP contribution is -2.38. The highest BCUT2D eigenvalue weighted by Gasteiger charge is 2.35. The second kappa shape index (κ2) is 5.48. The van der Waals surface area contributed by atoms with E-state index in [0.29, 0.717) is 18.0 Å². The van der Waals surface area contributed by atoms with Crippen LogP contribution in [0.1, 0.15) is 34.1 Å². The van der Waals surface area contributed by atoms with Gasteiger partial charge in [-0.3, -0.25) is 4.90 Å². The summed E-state index contributed by atoms with van der Waals surface area (Å²) in [5.74, 6) is 0.656. The average molecular weight is 210 g/mol. The fourth-order valence-electron chi connectivity index (χ4n) is 2.37. The van der Waals surface area contributed by atoms with Crippen molar-refractivity contribution in [2.45, 2.75) is 52.3 Å². The maximum Gasteiger partial charge on any atom is 0.134 e. The summed E-state index contributed by atoms with van der Waals surface area (Å²) in [5.41, 5.74) is 0. The van der Waals surface area contributed by atoms with E-state index < -0.39 is 0 Å². The molecule has 1 rings (SSSR count). The van der Waals surface area contributed by atoms with E-state index in [1.807, 2.05) is 6.07 Å². The molecule has 0 amide bonds. The molecule has 0 saturated carbocycles. The van der Waals surface area contributed by atoms with Crippen molar-refractivity contribution in [1.29, 1.82) is 5.26 Å². The molecular formula is C12H22N2O. The highest BCUT2D eigenvalue weighted by molar-refractivity contribution is 4.90. The van der Waals surface area contributed by atoms with Crippen LogP contribution in [-0.4, -0.2) is 36.2 Å². The lowest BCUT2D eigenvalue weighted by Gasteiger charge is -2.30. The average Bonchev–Trinajstić information content (AvgIpc) is 2.58. The molecular weight excluding hydrogens is 188 g/mol. The number of nitrogens with zero attached hydrogens (tertiary/aromatic N) is 2. The summed E-state index contributed by atoms with van der Waals surface area (Å²) in [5, 5.41) is 8.49. The van der Waals surface area contributed by atoms with Gasteiger partial charge in [-0.1, -0.05) is 13.8 Å². The molecule has 0 bridgehead atoms. The van der Waals surface area contributed by atoms with Crippen molar-refractivity contribution in [3.63, 3.8) is 0 Å². The van der Waals surface area contributed by atoms with E-state index in [-0.39, 0.29) is 12.7 Å². The fourth-order valence-corrected chi connectivity index (χ4v) is 2.37. The van der Waals surface area contributed by atoms with Crippen LogP contribution in [0.3, 0.4) is 0 Å². The molecule has 3 heteroatoms. The van der Waals surface area contributed by atoms with Gasteiger partial charge in [0.15, 0.2) is 0 Å². The van der Waals surface area contributed by atoms with Gasteiger partial charge in [-0.25, -0.2) is 0 Å². The minimum Gasteiger partial charge on any atom is -0.362 e. The van der Waals surface area contributed by atoms with Crippen LogP contribution >= 0.6 is 0 Å². The normalized spacial score (nSPS) is 27.5. The number of ether oxygens (including phenoxy) is 1. The van der Waals surface area contributed by atoms with Crippen LogP contribution < -0.4 is 0 Å². The van der Waals surface area contributed by atoms with Crippen molar-refractivity contribution in [1.82, 2.24) is 4.90 Å². The highest BCUT2D eigenvalue weighted by Crippen LogP contribution is 2.27. The number of nitriles is 1. The van der Waals surface area contributed by atoms with Crippen LogP contribution in [-0.2, 0) is 4.74 Å². The minimum absolute atomic E-state index is 0.224. The molecule has 1 aliphatic rings. The number of hydrogen-bond acceptors (Lipinski definition) is 3. The molecule has 15 heavy (non-hydrogen) atoms. The van der Waals surface area contributed by atoms with Crippen LogP contribution in [0.25, 0.3) is 0 Å². The lowest BCUT2D eigenvalue weighted by atomic mass is 10.0. The Morgan fingerprint density at radius 2 is 2.07 bits per heavy atom. The third kappa shape index (κ3) is 3.19. The molecule has 0 unspecified atom stereocenters. The predicted molar refractivity (Wildman–Crippen MR) is 60.4 cm³/mol. The van der Waals surface area contributed by atoms with Crippen LogP contribution in [0.5, 0.6) is 0 Å². The SMILES string of the molecule is CC(C)[C@@H]1C[C@H](OCC#N)CN1C(C)C. The second-order valence-corrected chi connectivity index (χ2v) is 4.93. The van der Waals surface area contributed by atoms with Gasteiger partial charge in [-0.05, 0) is 26.2 Å². The summed E-state index contributed by atoms with van der Waals surface area (Å²) < 4.78 is 5.51. The molecule has 0 N–H and O–H groups in total. The first-order valence-corrected chi connectivity index (χ1v) is 5.80. The summed E-state index contributed by atoms with van der Waals surface area (Å²) in [6.07, 6.45) is 1.32. The molecule has 0 aromatic rings. The lowest BCUT2D eigenvalue weighted by molar-refractivity contribution is 0.0793. The number of rotatable bonds is 4. The Bertz CT molecular complexity index is 216. The minimum atomic E-state index is 0.224. The van der Waals surface area contributed by atoms with Crippen molar-refractivity contribution in [3.05, 3.63) is 0 Å². The topological polar surface area (TPSA) is 36.3 Å². The zero-order valence-corrected chi connectivity index (χ0v) is 10.2. The molecule has 2 atom stereocenters. The fraction of sp³-hybridized carbons (Fsp3) is 0.917. The van der Waals surface area contributed by atoms with E-state index >= 15 is 0 Å². The zero-order valence-electron chi connectivity index (χ0n) is 10.2. The highest BCUT2D eigenvalue weighted by atomic mass is 16.5. The smallest absolute Gasteiger partial charge is 0.134 e. The maximum absolute atomic E-state index is 8.49. The monoisotopic (exact) mass is 210 g/mol. The molecule has 0 aliphatic carbocycles. The first-order chi connectivity index (χ1) is 7.06. The Morgan fingerprint density at radius 1 is 1.40 bits per heavy atom. The van der Waals surface area contributed by atoms with Gasteiger partial charge in [0.05, 0.1) is 12.2 Å². The predicted octanol–water partition coefficient (Wildman–Crippen LogP) is 2.03. The molecule has 0 radical (unpaired) electrons. The Kier molecular flexibility index (Phi) is 4.56. The van der Waals surface area contributed by atoms with E-state index in [9.17, 15) is 0 Å². The van der Waals surface area contributed by atoms with Gasteiger partial charge in [0.25, 0.3) is 0 Å². The molecule has 1 heterocycles. The van der Waals surface area contributed by atoms with E-state index in [1.165, 1.54) is 0 Å². The second-order valence-electron chi connectivity index (χ2n) is 4.93. The van der Waals surface area contributed by atoms with Crippen molar-refractivity contribution in [2.75, 3.05) is 13.2 Å². The Labute approximate surface area is 93.0 Å². The van der Waals surface area contributed by atoms with Crippen LogP contribution in [0, 0.1) is 17.2 Å². The summed E-state index contributed by atoms with van der Waals surface area (Å²) >= 11 is 0. The molecule has 0 aromatic carbocycles. The Morgan fingerprint density at radius 3 is 2.47 bits per heavy atom. The number of hydrogen-bond donors (Lipinski definition) is 0. The van der Waals surface area contributed by atoms with E-state index in [2.05, 4.69) is 32.6 Å². The molecule has 1 fully saturated rings. The van der Waals surface area contributed by atoms with E-state index in [1.54, 1.807) is 0 Å². The first-order valence-electron chi connectivity index (χ1n) is 5.80. The third-order valence-electron chi connectivity index (χ3n) is 3.16. The molecule has 1 aliphatic heterocycles. The third-order valence-corrected chi connectivity index (χ3v) is 3.16. The largest absolute Gasteiger partial charge is 0.362 e. The van der Waals surface area contributed by atoms with Crippen LogP contribution in [0.4, 0.5) is 0 Å². The van der Waals surface area contributed by atoms with Gasteiger partial charge in [-0.15, -0.1) is 0 Å². The molecule has 0 aromatic heterocycles. The Hall–Kier alpha value is -0.590. The number of likely N-dealkylation sites (tertiary alicyclic amines) is 1. The molecule has 0 spiro atoms. The van der Waals surface area contributed by atoms with Gasteiger partial charge in [0, 0.05) is 18.6 Å². The van der Waals surface area contributed by atoms with Gasteiger partial charge in [0.2, 0.25) is 0 Å². The molecule has 3 nitrogen and oxygen atoms in total. The molecule has 1 saturated heterocycles. The summed E-state index contributed by atoms with van der Waals surface area (Å²) in [7, 11) is 0. The maximum atomic E-state index is 8.49.